The molecule has 0 aliphatic heterocycles. The van der Waals surface area contributed by atoms with Gasteiger partial charge in [-0.15, -0.1) is 0 Å². The predicted octanol–water partition coefficient (Wildman–Crippen LogP) is 3.76. The third-order valence-corrected chi connectivity index (χ3v) is 2.51. The van der Waals surface area contributed by atoms with E-state index in [9.17, 15) is 9.18 Å². The van der Waals surface area contributed by atoms with Crippen molar-refractivity contribution in [3.8, 4) is 0 Å². The second kappa shape index (κ2) is 4.82. The minimum atomic E-state index is -0.404. The lowest BCUT2D eigenvalue weighted by Crippen LogP contribution is -2.04. The Morgan fingerprint density at radius 1 is 1.12 bits per heavy atom. The van der Waals surface area contributed by atoms with Gasteiger partial charge < -0.3 is 0 Å². The molecule has 86 valence electrons. The van der Waals surface area contributed by atoms with Gasteiger partial charge in [-0.1, -0.05) is 23.2 Å². The maximum Gasteiger partial charge on any atom is 0.211 e. The first-order valence-corrected chi connectivity index (χ1v) is 5.45. The first-order valence-electron chi connectivity index (χ1n) is 4.69. The monoisotopic (exact) mass is 269 g/mol. The molecule has 1 aromatic heterocycles. The highest BCUT2D eigenvalue weighted by molar-refractivity contribution is 6.34. The zero-order valence-corrected chi connectivity index (χ0v) is 9.97. The minimum absolute atomic E-state index is 0.133. The SMILES string of the molecule is O=C(c1ccc(F)cc1)c1cc(Cl)cc(Cl)n1. The molecule has 0 atom stereocenters. The molecule has 0 aliphatic carbocycles. The van der Waals surface area contributed by atoms with Crippen LogP contribution in [0.1, 0.15) is 16.1 Å². The Morgan fingerprint density at radius 3 is 2.35 bits per heavy atom. The number of carbonyl (C=O) groups excluding carboxylic acids is 1. The van der Waals surface area contributed by atoms with E-state index < -0.39 is 5.82 Å². The molecule has 2 nitrogen and oxygen atoms in total. The normalized spacial score (nSPS) is 10.3. The van der Waals surface area contributed by atoms with E-state index in [0.29, 0.717) is 10.6 Å². The van der Waals surface area contributed by atoms with Crippen LogP contribution in [-0.2, 0) is 0 Å². The van der Waals surface area contributed by atoms with Crippen LogP contribution in [0.4, 0.5) is 4.39 Å². The molecule has 0 N–H and O–H groups in total. The third-order valence-electron chi connectivity index (χ3n) is 2.10. The van der Waals surface area contributed by atoms with Crippen molar-refractivity contribution in [3.05, 3.63) is 63.6 Å². The summed E-state index contributed by atoms with van der Waals surface area (Å²) in [5.74, 6) is -0.756. The maximum atomic E-state index is 12.7. The molecule has 0 amide bonds. The minimum Gasteiger partial charge on any atom is -0.287 e. The summed E-state index contributed by atoms with van der Waals surface area (Å²) in [4.78, 5) is 15.8. The molecule has 5 heteroatoms. The first-order chi connectivity index (χ1) is 8.06. The highest BCUT2D eigenvalue weighted by Crippen LogP contribution is 2.18. The smallest absolute Gasteiger partial charge is 0.211 e. The molecule has 0 saturated heterocycles. The number of aromatic nitrogens is 1. The zero-order valence-electron chi connectivity index (χ0n) is 8.45. The summed E-state index contributed by atoms with van der Waals surface area (Å²) < 4.78 is 12.7. The Labute approximate surface area is 107 Å². The van der Waals surface area contributed by atoms with Crippen molar-refractivity contribution < 1.29 is 9.18 Å². The molecule has 17 heavy (non-hydrogen) atoms. The van der Waals surface area contributed by atoms with Gasteiger partial charge in [0.2, 0.25) is 5.78 Å². The number of rotatable bonds is 2. The van der Waals surface area contributed by atoms with E-state index >= 15 is 0 Å². The Balaban J connectivity index is 2.40. The van der Waals surface area contributed by atoms with Gasteiger partial charge in [0.25, 0.3) is 0 Å². The molecule has 0 radical (unpaired) electrons. The second-order valence-electron chi connectivity index (χ2n) is 3.33. The number of carbonyl (C=O) groups is 1. The average Bonchev–Trinajstić information content (AvgIpc) is 2.28. The topological polar surface area (TPSA) is 30.0 Å². The number of pyridine rings is 1. The lowest BCUT2D eigenvalue weighted by molar-refractivity contribution is 0.103. The Hall–Kier alpha value is -1.45. The van der Waals surface area contributed by atoms with Gasteiger partial charge in [-0.25, -0.2) is 9.37 Å². The molecule has 0 saturated carbocycles. The predicted molar refractivity (Wildman–Crippen MR) is 64.1 cm³/mol. The lowest BCUT2D eigenvalue weighted by atomic mass is 10.1. The summed E-state index contributed by atoms with van der Waals surface area (Å²) in [5, 5.41) is 0.471. The molecule has 1 heterocycles. The number of benzene rings is 1. The van der Waals surface area contributed by atoms with E-state index in [1.807, 2.05) is 0 Å². The van der Waals surface area contributed by atoms with Gasteiger partial charge in [-0.2, -0.15) is 0 Å². The second-order valence-corrected chi connectivity index (χ2v) is 4.15. The van der Waals surface area contributed by atoms with Crippen LogP contribution < -0.4 is 0 Å². The molecule has 1 aromatic carbocycles. The lowest BCUT2D eigenvalue weighted by Gasteiger charge is -2.01. The Bertz CT molecular complexity index is 549. The van der Waals surface area contributed by atoms with Crippen LogP contribution in [0.3, 0.4) is 0 Å². The van der Waals surface area contributed by atoms with Crippen LogP contribution in [-0.4, -0.2) is 10.8 Å². The van der Waals surface area contributed by atoms with Crippen LogP contribution in [0.25, 0.3) is 0 Å². The molecule has 0 spiro atoms. The number of hydrogen-bond acceptors (Lipinski definition) is 2. The molecular weight excluding hydrogens is 264 g/mol. The summed E-state index contributed by atoms with van der Waals surface area (Å²) in [7, 11) is 0. The van der Waals surface area contributed by atoms with E-state index in [2.05, 4.69) is 4.98 Å². The van der Waals surface area contributed by atoms with Crippen molar-refractivity contribution in [1.82, 2.24) is 4.98 Å². The van der Waals surface area contributed by atoms with Gasteiger partial charge in [-0.05, 0) is 36.4 Å². The number of nitrogens with zero attached hydrogens (tertiary/aromatic N) is 1. The van der Waals surface area contributed by atoms with Gasteiger partial charge >= 0.3 is 0 Å². The largest absolute Gasteiger partial charge is 0.287 e. The number of hydrogen-bond donors (Lipinski definition) is 0. The van der Waals surface area contributed by atoms with Crippen molar-refractivity contribution in [2.75, 3.05) is 0 Å². The van der Waals surface area contributed by atoms with Crippen LogP contribution in [0, 0.1) is 5.82 Å². The highest BCUT2D eigenvalue weighted by atomic mass is 35.5. The summed E-state index contributed by atoms with van der Waals surface area (Å²) in [6, 6.07) is 8.03. The van der Waals surface area contributed by atoms with Gasteiger partial charge in [-0.3, -0.25) is 4.79 Å². The van der Waals surface area contributed by atoms with E-state index in [-0.39, 0.29) is 16.6 Å². The fourth-order valence-corrected chi connectivity index (χ4v) is 1.80. The van der Waals surface area contributed by atoms with E-state index in [1.54, 1.807) is 0 Å². The highest BCUT2D eigenvalue weighted by Gasteiger charge is 2.12. The number of halogens is 3. The van der Waals surface area contributed by atoms with Crippen LogP contribution in [0.5, 0.6) is 0 Å². The molecule has 0 unspecified atom stereocenters. The molecule has 2 rings (SSSR count). The fraction of sp³-hybridized carbons (Fsp3) is 0. The summed E-state index contributed by atoms with van der Waals surface area (Å²) in [5.41, 5.74) is 0.464. The summed E-state index contributed by atoms with van der Waals surface area (Å²) in [6.45, 7) is 0. The van der Waals surface area contributed by atoms with Crippen molar-refractivity contribution in [2.45, 2.75) is 0 Å². The first kappa shape index (κ1) is 12.0. The fourth-order valence-electron chi connectivity index (χ4n) is 1.33. The summed E-state index contributed by atoms with van der Waals surface area (Å²) in [6.07, 6.45) is 0. The Morgan fingerprint density at radius 2 is 1.76 bits per heavy atom. The standard InChI is InChI=1S/C12H6Cl2FNO/c13-8-5-10(16-11(14)6-8)12(17)7-1-3-9(15)4-2-7/h1-6H. The van der Waals surface area contributed by atoms with Crippen LogP contribution in [0.2, 0.25) is 10.2 Å². The zero-order chi connectivity index (χ0) is 12.4. The van der Waals surface area contributed by atoms with Crippen molar-refractivity contribution >= 4 is 29.0 Å². The van der Waals surface area contributed by atoms with Gasteiger partial charge in [0, 0.05) is 10.6 Å². The van der Waals surface area contributed by atoms with E-state index in [4.69, 9.17) is 23.2 Å². The number of ketones is 1. The maximum absolute atomic E-state index is 12.7. The summed E-state index contributed by atoms with van der Waals surface area (Å²) >= 11 is 11.5. The van der Waals surface area contributed by atoms with Crippen molar-refractivity contribution in [3.63, 3.8) is 0 Å². The van der Waals surface area contributed by atoms with Crippen LogP contribution in [0.15, 0.2) is 36.4 Å². The van der Waals surface area contributed by atoms with E-state index in [1.165, 1.54) is 36.4 Å². The van der Waals surface area contributed by atoms with Crippen molar-refractivity contribution in [1.29, 1.82) is 0 Å². The Kier molecular flexibility index (Phi) is 3.41. The van der Waals surface area contributed by atoms with Gasteiger partial charge in [0.05, 0.1) is 0 Å². The molecule has 0 aliphatic rings. The van der Waals surface area contributed by atoms with E-state index in [0.717, 1.165) is 0 Å². The van der Waals surface area contributed by atoms with Gasteiger partial charge in [0.15, 0.2) is 0 Å². The van der Waals surface area contributed by atoms with Crippen molar-refractivity contribution in [2.24, 2.45) is 0 Å². The molecular formula is C12H6Cl2FNO. The average molecular weight is 270 g/mol. The quantitative estimate of drug-likeness (QED) is 0.614. The van der Waals surface area contributed by atoms with Gasteiger partial charge in [0.1, 0.15) is 16.7 Å². The third kappa shape index (κ3) is 2.81. The molecule has 2 aromatic rings. The molecule has 0 bridgehead atoms. The molecule has 0 fully saturated rings. The van der Waals surface area contributed by atoms with Crippen LogP contribution >= 0.6 is 23.2 Å².